The van der Waals surface area contributed by atoms with Crippen LogP contribution in [0, 0.1) is 28.6 Å². The van der Waals surface area contributed by atoms with Crippen LogP contribution in [0.1, 0.15) is 85.5 Å². The number of hydrogen-bond donors (Lipinski definition) is 1. The molecule has 0 aromatic heterocycles. The summed E-state index contributed by atoms with van der Waals surface area (Å²) in [5.74, 6) is -4.85. The van der Waals surface area contributed by atoms with Crippen LogP contribution in [0.15, 0.2) is 36.0 Å². The van der Waals surface area contributed by atoms with E-state index in [-0.39, 0.29) is 44.3 Å². The number of esters is 3. The fraction of sp³-hybridized carbons (Fsp3) is 0.684. The Hall–Kier alpha value is -3.88. The number of hydroxylamine groups is 2. The number of carbonyl (C=O) groups excluding carboxylic acids is 6. The number of ether oxygens (including phenoxy) is 5. The molecule has 0 radical (unpaired) electrons. The number of cyclic esters (lactones) is 1. The van der Waals surface area contributed by atoms with Crippen LogP contribution in [-0.4, -0.2) is 95.7 Å². The topological polar surface area (TPSA) is 185 Å². The lowest BCUT2D eigenvalue weighted by Gasteiger charge is -2.59. The van der Waals surface area contributed by atoms with E-state index in [0.717, 1.165) is 12.8 Å². The summed E-state index contributed by atoms with van der Waals surface area (Å²) in [6, 6.07) is 0. The highest BCUT2D eigenvalue weighted by Crippen LogP contribution is 2.75. The second kappa shape index (κ2) is 14.9. The van der Waals surface area contributed by atoms with E-state index in [4.69, 9.17) is 28.5 Å². The van der Waals surface area contributed by atoms with E-state index < -0.39 is 95.3 Å². The van der Waals surface area contributed by atoms with Gasteiger partial charge in [-0.2, -0.15) is 0 Å². The molecule has 1 N–H and O–H groups in total. The molecule has 0 aromatic carbocycles. The van der Waals surface area contributed by atoms with Crippen molar-refractivity contribution in [2.75, 3.05) is 19.8 Å². The number of imide groups is 1. The van der Waals surface area contributed by atoms with Crippen molar-refractivity contribution in [2.45, 2.75) is 115 Å². The Morgan fingerprint density at radius 2 is 1.75 bits per heavy atom. The van der Waals surface area contributed by atoms with Gasteiger partial charge < -0.3 is 33.6 Å². The van der Waals surface area contributed by atoms with Gasteiger partial charge in [0.1, 0.15) is 17.8 Å². The standard InChI is InChI=1S/C38H49NO13/c1-22-13-15-37-20-48-35(46)34(51-32(44)11-12-33(45)52-39-29(41)9-10-30(39)42)23(2)14-16-47-27(24(3)40)7-5-6-8-31(43)50-28-19-26(18-25(37)17-22)38(21-49-38)36(28,37)4/h5-8,17,23-28,34,40H,9-16,18-21H2,1-4H3/b7-5+,8-6-/t23?,24-,25?,26-,27-,28-,34+,36-,37-,38+/m1/s1. The highest BCUT2D eigenvalue weighted by atomic mass is 16.7. The molecule has 6 aliphatic rings. The predicted molar refractivity (Wildman–Crippen MR) is 179 cm³/mol. The van der Waals surface area contributed by atoms with Crippen LogP contribution < -0.4 is 0 Å². The van der Waals surface area contributed by atoms with Gasteiger partial charge in [-0.1, -0.05) is 43.7 Å². The maximum absolute atomic E-state index is 14.1. The zero-order chi connectivity index (χ0) is 37.4. The fourth-order valence-corrected chi connectivity index (χ4v) is 9.23. The molecule has 2 amide bonds. The second-order valence-corrected chi connectivity index (χ2v) is 15.4. The number of amides is 2. The summed E-state index contributed by atoms with van der Waals surface area (Å²) in [7, 11) is 0. The van der Waals surface area contributed by atoms with Crippen molar-refractivity contribution in [3.05, 3.63) is 36.0 Å². The number of aliphatic hydroxyl groups excluding tert-OH is 1. The Labute approximate surface area is 302 Å². The number of nitrogens with zero attached hydrogens (tertiary/aromatic N) is 1. The van der Waals surface area contributed by atoms with E-state index in [1.807, 2.05) is 0 Å². The summed E-state index contributed by atoms with van der Waals surface area (Å²) in [5, 5.41) is 10.7. The van der Waals surface area contributed by atoms with Crippen LogP contribution in [0.5, 0.6) is 0 Å². The molecule has 2 bridgehead atoms. The van der Waals surface area contributed by atoms with Crippen molar-refractivity contribution in [3.8, 4) is 0 Å². The van der Waals surface area contributed by atoms with E-state index >= 15 is 0 Å². The molecular weight excluding hydrogens is 678 g/mol. The van der Waals surface area contributed by atoms with E-state index in [1.54, 1.807) is 32.1 Å². The number of carbonyl (C=O) groups is 6. The van der Waals surface area contributed by atoms with Gasteiger partial charge >= 0.3 is 23.9 Å². The largest absolute Gasteiger partial charge is 0.462 e. The van der Waals surface area contributed by atoms with Crippen LogP contribution in [0.3, 0.4) is 0 Å². The van der Waals surface area contributed by atoms with E-state index in [1.165, 1.54) is 11.6 Å². The van der Waals surface area contributed by atoms with Gasteiger partial charge in [-0.05, 0) is 57.8 Å². The average Bonchev–Trinajstić information content (AvgIpc) is 3.82. The van der Waals surface area contributed by atoms with Crippen molar-refractivity contribution in [1.82, 2.24) is 5.06 Å². The van der Waals surface area contributed by atoms with Crippen molar-refractivity contribution in [3.63, 3.8) is 0 Å². The van der Waals surface area contributed by atoms with E-state index in [9.17, 15) is 33.9 Å². The van der Waals surface area contributed by atoms with Gasteiger partial charge in [0.15, 0.2) is 0 Å². The van der Waals surface area contributed by atoms with Crippen LogP contribution in [0.25, 0.3) is 0 Å². The van der Waals surface area contributed by atoms with Crippen molar-refractivity contribution < 1.29 is 62.4 Å². The third kappa shape index (κ3) is 6.96. The molecule has 52 heavy (non-hydrogen) atoms. The lowest BCUT2D eigenvalue weighted by Crippen LogP contribution is -2.63. The Morgan fingerprint density at radius 3 is 2.44 bits per heavy atom. The molecule has 284 valence electrons. The first kappa shape index (κ1) is 37.9. The van der Waals surface area contributed by atoms with Crippen LogP contribution >= 0.6 is 0 Å². The van der Waals surface area contributed by atoms with Gasteiger partial charge in [-0.25, -0.2) is 14.4 Å². The maximum atomic E-state index is 14.1. The summed E-state index contributed by atoms with van der Waals surface area (Å²) in [5.41, 5.74) is -0.624. The fourth-order valence-electron chi connectivity index (χ4n) is 9.23. The molecule has 3 aliphatic carbocycles. The molecule has 3 aliphatic heterocycles. The van der Waals surface area contributed by atoms with Crippen LogP contribution in [0.2, 0.25) is 0 Å². The molecular formula is C38H49NO13. The molecule has 2 saturated carbocycles. The molecule has 2 saturated heterocycles. The average molecular weight is 728 g/mol. The SMILES string of the molecule is CC1=CC2C[C@@H]3C[C@H]4OC(=O)/C=C\C=C\[C@H]([C@@H](C)O)OCCC(C)[C@H](OC(=O)CCC(=O)ON5C(=O)CCC5=O)C(=O)OC[C@@]2(CC1)[C@]4(C)[C@]31CO1. The van der Waals surface area contributed by atoms with Gasteiger partial charge in [-0.15, -0.1) is 5.06 Å². The minimum absolute atomic E-state index is 0.0210. The lowest BCUT2D eigenvalue weighted by atomic mass is 9.45. The molecule has 6 rings (SSSR count). The Morgan fingerprint density at radius 1 is 1.04 bits per heavy atom. The number of allylic oxidation sites excluding steroid dienone is 4. The molecule has 14 nitrogen and oxygen atoms in total. The molecule has 10 atom stereocenters. The van der Waals surface area contributed by atoms with Gasteiger partial charge in [0, 0.05) is 42.3 Å². The smallest absolute Gasteiger partial charge is 0.347 e. The summed E-state index contributed by atoms with van der Waals surface area (Å²) < 4.78 is 30.3. The molecule has 2 unspecified atom stereocenters. The Kier molecular flexibility index (Phi) is 10.8. The second-order valence-electron chi connectivity index (χ2n) is 15.4. The molecule has 2 spiro atoms. The predicted octanol–water partition coefficient (Wildman–Crippen LogP) is 3.20. The number of hydrogen-bond acceptors (Lipinski definition) is 13. The minimum Gasteiger partial charge on any atom is -0.462 e. The zero-order valence-corrected chi connectivity index (χ0v) is 30.2. The summed E-state index contributed by atoms with van der Waals surface area (Å²) in [6.45, 7) is 8.05. The lowest BCUT2D eigenvalue weighted by molar-refractivity contribution is -0.199. The van der Waals surface area contributed by atoms with E-state index in [0.29, 0.717) is 24.5 Å². The highest BCUT2D eigenvalue weighted by molar-refractivity contribution is 6.01. The zero-order valence-electron chi connectivity index (χ0n) is 30.2. The van der Waals surface area contributed by atoms with Gasteiger partial charge in [0.05, 0.1) is 32.2 Å². The molecule has 14 heteroatoms. The van der Waals surface area contributed by atoms with Gasteiger partial charge in [0.25, 0.3) is 11.8 Å². The van der Waals surface area contributed by atoms with Crippen molar-refractivity contribution in [1.29, 1.82) is 0 Å². The number of epoxide rings is 1. The quantitative estimate of drug-likeness (QED) is 0.138. The molecule has 0 aromatic rings. The first-order chi connectivity index (χ1) is 24.7. The summed E-state index contributed by atoms with van der Waals surface area (Å²) in [6.07, 6.45) is 6.84. The Bertz CT molecular complexity index is 1540. The van der Waals surface area contributed by atoms with Gasteiger partial charge in [0.2, 0.25) is 6.10 Å². The van der Waals surface area contributed by atoms with E-state index in [2.05, 4.69) is 19.9 Å². The highest BCUT2D eigenvalue weighted by Gasteiger charge is 2.81. The maximum Gasteiger partial charge on any atom is 0.347 e. The summed E-state index contributed by atoms with van der Waals surface area (Å²) in [4.78, 5) is 81.3. The van der Waals surface area contributed by atoms with Gasteiger partial charge in [-0.3, -0.25) is 14.4 Å². The normalized spacial score (nSPS) is 39.6. The number of rotatable bonds is 6. The number of aliphatic hydroxyl groups is 1. The first-order valence-electron chi connectivity index (χ1n) is 18.3. The third-order valence-electron chi connectivity index (χ3n) is 12.3. The first-order valence-corrected chi connectivity index (χ1v) is 18.3. The Balaban J connectivity index is 1.25. The third-order valence-corrected chi connectivity index (χ3v) is 12.3. The van der Waals surface area contributed by atoms with Crippen molar-refractivity contribution >= 4 is 35.7 Å². The molecule has 3 heterocycles. The minimum atomic E-state index is -1.38. The monoisotopic (exact) mass is 727 g/mol. The van der Waals surface area contributed by atoms with Crippen molar-refractivity contribution in [2.24, 2.45) is 28.6 Å². The van der Waals surface area contributed by atoms with Crippen LogP contribution in [0.4, 0.5) is 0 Å². The summed E-state index contributed by atoms with van der Waals surface area (Å²) >= 11 is 0. The molecule has 4 fully saturated rings. The van der Waals surface area contributed by atoms with Crippen LogP contribution in [-0.2, 0) is 57.3 Å².